The molecule has 4 atom stereocenters. The van der Waals surface area contributed by atoms with Gasteiger partial charge in [-0.3, -0.25) is 4.79 Å². The average molecular weight is 457 g/mol. The molecule has 2 N–H and O–H groups in total. The second-order valence-corrected chi connectivity index (χ2v) is 10.0. The number of hydrogen-bond acceptors (Lipinski definition) is 3. The number of rotatable bonds is 4. The molecular weight excluding hydrogens is 424 g/mol. The Hall–Kier alpha value is -3.33. The lowest BCUT2D eigenvalue weighted by atomic mass is 9.61. The molecule has 3 amide bonds. The van der Waals surface area contributed by atoms with E-state index in [-0.39, 0.29) is 23.5 Å². The van der Waals surface area contributed by atoms with Crippen molar-refractivity contribution in [3.8, 4) is 6.07 Å². The van der Waals surface area contributed by atoms with Crippen LogP contribution in [0.4, 0.5) is 10.5 Å². The standard InChI is InChI=1S/C28H32N4O2/c29-19-21-10-12-22(13-11-21)30-27(34)31-25-14-16-28-15-5-17-32(28)26(33)9-4-8-24(28)23(25)18-20-6-2-1-3-7-20/h1-3,6-7,10-13,23-25H,4-5,8-9,14-18H2,(H2,30,31,34)/t23?,24-,25-,28+/m0/s1. The van der Waals surface area contributed by atoms with Crippen molar-refractivity contribution < 1.29 is 9.59 Å². The first-order chi connectivity index (χ1) is 16.6. The Labute approximate surface area is 201 Å². The molecule has 6 nitrogen and oxygen atoms in total. The highest BCUT2D eigenvalue weighted by atomic mass is 16.2. The molecule has 2 saturated heterocycles. The first-order valence-corrected chi connectivity index (χ1v) is 12.5. The predicted molar refractivity (Wildman–Crippen MR) is 131 cm³/mol. The quantitative estimate of drug-likeness (QED) is 0.689. The number of carbonyl (C=O) groups is 2. The zero-order valence-electron chi connectivity index (χ0n) is 19.5. The zero-order chi connectivity index (χ0) is 23.5. The Morgan fingerprint density at radius 2 is 1.85 bits per heavy atom. The van der Waals surface area contributed by atoms with Crippen LogP contribution in [0.25, 0.3) is 0 Å². The summed E-state index contributed by atoms with van der Waals surface area (Å²) in [5.41, 5.74) is 2.47. The highest BCUT2D eigenvalue weighted by molar-refractivity contribution is 5.89. The monoisotopic (exact) mass is 456 g/mol. The lowest BCUT2D eigenvalue weighted by Crippen LogP contribution is -2.61. The number of nitriles is 1. The van der Waals surface area contributed by atoms with Gasteiger partial charge in [0, 0.05) is 30.2 Å². The maximum atomic E-state index is 13.0. The molecule has 0 aromatic heterocycles. The van der Waals surface area contributed by atoms with Crippen molar-refractivity contribution in [3.63, 3.8) is 0 Å². The molecule has 1 aliphatic carbocycles. The van der Waals surface area contributed by atoms with E-state index in [4.69, 9.17) is 5.26 Å². The number of amides is 3. The number of hydrogen-bond donors (Lipinski definition) is 2. The van der Waals surface area contributed by atoms with Crippen LogP contribution < -0.4 is 10.6 Å². The van der Waals surface area contributed by atoms with Gasteiger partial charge in [0.15, 0.2) is 0 Å². The summed E-state index contributed by atoms with van der Waals surface area (Å²) in [5.74, 6) is 0.980. The Morgan fingerprint density at radius 1 is 1.06 bits per heavy atom. The van der Waals surface area contributed by atoms with Gasteiger partial charge in [0.25, 0.3) is 0 Å². The molecule has 6 heteroatoms. The van der Waals surface area contributed by atoms with Crippen LogP contribution in [-0.4, -0.2) is 35.0 Å². The van der Waals surface area contributed by atoms with Gasteiger partial charge in [-0.25, -0.2) is 4.79 Å². The fourth-order valence-corrected chi connectivity index (χ4v) is 6.81. The van der Waals surface area contributed by atoms with Crippen LogP contribution >= 0.6 is 0 Å². The molecule has 0 radical (unpaired) electrons. The predicted octanol–water partition coefficient (Wildman–Crippen LogP) is 4.86. The van der Waals surface area contributed by atoms with Gasteiger partial charge in [0.05, 0.1) is 11.6 Å². The Bertz CT molecular complexity index is 1080. The van der Waals surface area contributed by atoms with Crippen LogP contribution in [0.3, 0.4) is 0 Å². The van der Waals surface area contributed by atoms with Crippen molar-refractivity contribution in [1.82, 2.24) is 10.2 Å². The first-order valence-electron chi connectivity index (χ1n) is 12.5. The third-order valence-corrected chi connectivity index (χ3v) is 8.25. The second-order valence-electron chi connectivity index (χ2n) is 10.0. The molecule has 2 heterocycles. The number of benzene rings is 2. The van der Waals surface area contributed by atoms with Crippen molar-refractivity contribution in [3.05, 3.63) is 65.7 Å². The van der Waals surface area contributed by atoms with Gasteiger partial charge in [-0.1, -0.05) is 30.3 Å². The third kappa shape index (κ3) is 4.27. The molecule has 3 fully saturated rings. The minimum atomic E-state index is -0.211. The molecule has 2 aromatic rings. The molecule has 5 rings (SSSR count). The molecule has 1 spiro atoms. The van der Waals surface area contributed by atoms with Crippen molar-refractivity contribution in [2.75, 3.05) is 11.9 Å². The highest BCUT2D eigenvalue weighted by Gasteiger charge is 2.56. The van der Waals surface area contributed by atoms with E-state index in [1.807, 2.05) is 6.07 Å². The summed E-state index contributed by atoms with van der Waals surface area (Å²) >= 11 is 0. The fourth-order valence-electron chi connectivity index (χ4n) is 6.81. The normalized spacial score (nSPS) is 28.3. The fraction of sp³-hybridized carbons (Fsp3) is 0.464. The third-order valence-electron chi connectivity index (χ3n) is 8.25. The lowest BCUT2D eigenvalue weighted by molar-refractivity contribution is -0.138. The van der Waals surface area contributed by atoms with Crippen LogP contribution in [0, 0.1) is 23.2 Å². The number of nitrogens with zero attached hydrogens (tertiary/aromatic N) is 2. The smallest absolute Gasteiger partial charge is 0.319 e. The van der Waals surface area contributed by atoms with E-state index in [9.17, 15) is 9.59 Å². The summed E-state index contributed by atoms with van der Waals surface area (Å²) < 4.78 is 0. The van der Waals surface area contributed by atoms with E-state index in [2.05, 4.69) is 45.9 Å². The van der Waals surface area contributed by atoms with Gasteiger partial charge in [-0.05, 0) is 86.6 Å². The number of urea groups is 1. The van der Waals surface area contributed by atoms with Crippen LogP contribution in [-0.2, 0) is 11.2 Å². The van der Waals surface area contributed by atoms with Crippen LogP contribution in [0.15, 0.2) is 54.6 Å². The molecule has 0 bridgehead atoms. The van der Waals surface area contributed by atoms with E-state index < -0.39 is 0 Å². The highest BCUT2D eigenvalue weighted by Crippen LogP contribution is 2.52. The molecule has 34 heavy (non-hydrogen) atoms. The Balaban J connectivity index is 1.39. The number of nitrogens with one attached hydrogen (secondary N) is 2. The zero-order valence-corrected chi connectivity index (χ0v) is 19.5. The Morgan fingerprint density at radius 3 is 2.62 bits per heavy atom. The minimum absolute atomic E-state index is 0.0462. The molecule has 3 aliphatic rings. The van der Waals surface area contributed by atoms with E-state index in [1.54, 1.807) is 24.3 Å². The van der Waals surface area contributed by atoms with Gasteiger partial charge in [-0.2, -0.15) is 5.26 Å². The van der Waals surface area contributed by atoms with E-state index in [1.165, 1.54) is 5.56 Å². The van der Waals surface area contributed by atoms with Crippen LogP contribution in [0.2, 0.25) is 0 Å². The van der Waals surface area contributed by atoms with Crippen LogP contribution in [0.5, 0.6) is 0 Å². The number of carbonyl (C=O) groups excluding carboxylic acids is 2. The van der Waals surface area contributed by atoms with Gasteiger partial charge < -0.3 is 15.5 Å². The molecule has 2 aliphatic heterocycles. The lowest BCUT2D eigenvalue weighted by Gasteiger charge is -2.53. The summed E-state index contributed by atoms with van der Waals surface area (Å²) in [4.78, 5) is 28.2. The molecule has 2 aromatic carbocycles. The maximum Gasteiger partial charge on any atom is 0.319 e. The maximum absolute atomic E-state index is 13.0. The Kier molecular flexibility index (Phi) is 6.28. The largest absolute Gasteiger partial charge is 0.337 e. The van der Waals surface area contributed by atoms with Crippen molar-refractivity contribution in [2.45, 2.75) is 62.9 Å². The van der Waals surface area contributed by atoms with Crippen molar-refractivity contribution in [2.24, 2.45) is 11.8 Å². The first kappa shape index (κ1) is 22.5. The summed E-state index contributed by atoms with van der Waals surface area (Å²) in [6.45, 7) is 0.880. The summed E-state index contributed by atoms with van der Waals surface area (Å²) in [6.07, 6.45) is 7.50. The van der Waals surface area contributed by atoms with E-state index in [0.717, 1.165) is 51.5 Å². The molecule has 1 saturated carbocycles. The summed E-state index contributed by atoms with van der Waals surface area (Å²) in [7, 11) is 0. The van der Waals surface area contributed by atoms with E-state index >= 15 is 0 Å². The van der Waals surface area contributed by atoms with Crippen LogP contribution in [0.1, 0.15) is 56.1 Å². The molecule has 1 unspecified atom stereocenters. The summed E-state index contributed by atoms with van der Waals surface area (Å²) in [6, 6.07) is 19.4. The van der Waals surface area contributed by atoms with Crippen molar-refractivity contribution in [1.29, 1.82) is 5.26 Å². The topological polar surface area (TPSA) is 85.2 Å². The van der Waals surface area contributed by atoms with E-state index in [0.29, 0.717) is 29.5 Å². The summed E-state index contributed by atoms with van der Waals surface area (Å²) in [5, 5.41) is 15.2. The SMILES string of the molecule is N#Cc1ccc(NC(=O)N[C@H]2CC[C@@]34CCCN3C(=O)CCC[C@H]4C2Cc2ccccc2)cc1. The van der Waals surface area contributed by atoms with Gasteiger partial charge in [0.2, 0.25) is 5.91 Å². The van der Waals surface area contributed by atoms with Gasteiger partial charge >= 0.3 is 6.03 Å². The average Bonchev–Trinajstić information content (AvgIpc) is 3.22. The molecule has 176 valence electrons. The second kappa shape index (κ2) is 9.50. The van der Waals surface area contributed by atoms with Crippen molar-refractivity contribution >= 4 is 17.6 Å². The van der Waals surface area contributed by atoms with Gasteiger partial charge in [-0.15, -0.1) is 0 Å². The minimum Gasteiger partial charge on any atom is -0.337 e. The molecular formula is C28H32N4O2. The number of anilines is 1. The van der Waals surface area contributed by atoms with Gasteiger partial charge in [0.1, 0.15) is 0 Å².